The lowest BCUT2D eigenvalue weighted by atomic mass is 9.89. The van der Waals surface area contributed by atoms with Crippen molar-refractivity contribution in [2.75, 3.05) is 0 Å². The van der Waals surface area contributed by atoms with Gasteiger partial charge in [-0.15, -0.1) is 0 Å². The third-order valence-corrected chi connectivity index (χ3v) is 4.19. The number of carbonyl (C=O) groups excluding carboxylic acids is 2. The Labute approximate surface area is 123 Å². The molecule has 3 unspecified atom stereocenters. The summed E-state index contributed by atoms with van der Waals surface area (Å²) < 4.78 is 0. The highest BCUT2D eigenvalue weighted by molar-refractivity contribution is 5.97. The minimum atomic E-state index is -0.338. The molecule has 4 nitrogen and oxygen atoms in total. The Morgan fingerprint density at radius 3 is 2.15 bits per heavy atom. The van der Waals surface area contributed by atoms with Gasteiger partial charge in [0.1, 0.15) is 12.1 Å². The first-order chi connectivity index (χ1) is 9.34. The maximum atomic E-state index is 12.8. The monoisotopic (exact) mass is 282 g/mol. The van der Waals surface area contributed by atoms with E-state index in [0.29, 0.717) is 5.92 Å². The van der Waals surface area contributed by atoms with Crippen molar-refractivity contribution in [3.8, 4) is 0 Å². The van der Waals surface area contributed by atoms with Crippen LogP contribution in [0.2, 0.25) is 0 Å². The molecule has 0 aliphatic carbocycles. The van der Waals surface area contributed by atoms with Crippen LogP contribution < -0.4 is 5.32 Å². The minimum absolute atomic E-state index is 0.0113. The van der Waals surface area contributed by atoms with Crippen molar-refractivity contribution < 1.29 is 9.59 Å². The number of amides is 2. The van der Waals surface area contributed by atoms with Crippen molar-refractivity contribution in [1.29, 1.82) is 0 Å². The first kappa shape index (κ1) is 17.0. The van der Waals surface area contributed by atoms with E-state index in [-0.39, 0.29) is 35.9 Å². The summed E-state index contributed by atoms with van der Waals surface area (Å²) in [6, 6.07) is -0.529. The second-order valence-corrected chi connectivity index (χ2v) is 6.50. The van der Waals surface area contributed by atoms with Gasteiger partial charge in [0.15, 0.2) is 0 Å². The molecule has 0 saturated carbocycles. The average Bonchev–Trinajstić information content (AvgIpc) is 2.34. The third-order valence-electron chi connectivity index (χ3n) is 4.19. The van der Waals surface area contributed by atoms with Gasteiger partial charge >= 0.3 is 0 Å². The fraction of sp³-hybridized carbons (Fsp3) is 0.875. The fourth-order valence-corrected chi connectivity index (χ4v) is 3.23. The summed E-state index contributed by atoms with van der Waals surface area (Å²) in [6.45, 7) is 12.4. The van der Waals surface area contributed by atoms with Crippen LogP contribution >= 0.6 is 0 Å². The summed E-state index contributed by atoms with van der Waals surface area (Å²) >= 11 is 0. The van der Waals surface area contributed by atoms with Crippen LogP contribution in [0.1, 0.15) is 60.8 Å². The van der Waals surface area contributed by atoms with E-state index in [0.717, 1.165) is 19.3 Å². The summed E-state index contributed by atoms with van der Waals surface area (Å²) in [5.41, 5.74) is 0. The lowest BCUT2D eigenvalue weighted by Gasteiger charge is -2.46. The van der Waals surface area contributed by atoms with Crippen LogP contribution in [-0.2, 0) is 9.59 Å². The highest BCUT2D eigenvalue weighted by Gasteiger charge is 2.44. The van der Waals surface area contributed by atoms with Crippen LogP contribution in [-0.4, -0.2) is 34.8 Å². The van der Waals surface area contributed by atoms with Gasteiger partial charge < -0.3 is 10.2 Å². The number of rotatable bonds is 6. The van der Waals surface area contributed by atoms with Gasteiger partial charge in [0.05, 0.1) is 0 Å². The van der Waals surface area contributed by atoms with E-state index in [1.165, 1.54) is 0 Å². The van der Waals surface area contributed by atoms with Crippen molar-refractivity contribution in [3.05, 3.63) is 0 Å². The molecular formula is C16H30N2O2. The number of nitrogens with one attached hydrogen (secondary N) is 1. The van der Waals surface area contributed by atoms with Gasteiger partial charge in [0.2, 0.25) is 11.8 Å². The molecule has 3 atom stereocenters. The molecule has 0 radical (unpaired) electrons. The third kappa shape index (κ3) is 3.33. The van der Waals surface area contributed by atoms with Crippen molar-refractivity contribution in [2.24, 2.45) is 11.8 Å². The van der Waals surface area contributed by atoms with Crippen LogP contribution in [0.4, 0.5) is 0 Å². The van der Waals surface area contributed by atoms with Crippen molar-refractivity contribution in [2.45, 2.75) is 78.9 Å². The Balaban J connectivity index is 3.13. The zero-order valence-electron chi connectivity index (χ0n) is 13.8. The van der Waals surface area contributed by atoms with Crippen LogP contribution in [0, 0.1) is 11.8 Å². The van der Waals surface area contributed by atoms with Crippen LogP contribution in [0.15, 0.2) is 0 Å². The molecule has 1 rings (SSSR count). The smallest absolute Gasteiger partial charge is 0.246 e. The molecule has 0 aromatic heterocycles. The molecule has 2 amide bonds. The van der Waals surface area contributed by atoms with E-state index in [1.54, 1.807) is 0 Å². The Bertz CT molecular complexity index is 352. The van der Waals surface area contributed by atoms with Gasteiger partial charge in [0, 0.05) is 6.04 Å². The molecular weight excluding hydrogens is 252 g/mol. The normalized spacial score (nSPS) is 25.3. The average molecular weight is 282 g/mol. The number of piperazine rings is 1. The largest absolute Gasteiger partial charge is 0.342 e. The van der Waals surface area contributed by atoms with Crippen molar-refractivity contribution >= 4 is 11.8 Å². The molecule has 116 valence electrons. The van der Waals surface area contributed by atoms with Gasteiger partial charge in [-0.2, -0.15) is 0 Å². The van der Waals surface area contributed by atoms with Crippen LogP contribution in [0.5, 0.6) is 0 Å². The summed E-state index contributed by atoms with van der Waals surface area (Å²) in [7, 11) is 0. The Morgan fingerprint density at radius 2 is 1.75 bits per heavy atom. The van der Waals surface area contributed by atoms with E-state index in [2.05, 4.69) is 26.1 Å². The summed E-state index contributed by atoms with van der Waals surface area (Å²) in [5, 5.41) is 2.92. The lowest BCUT2D eigenvalue weighted by molar-refractivity contribution is -0.155. The van der Waals surface area contributed by atoms with Gasteiger partial charge in [-0.05, 0) is 24.7 Å². The van der Waals surface area contributed by atoms with Gasteiger partial charge in [-0.1, -0.05) is 48.0 Å². The Kier molecular flexibility index (Phi) is 6.03. The summed E-state index contributed by atoms with van der Waals surface area (Å²) in [6.07, 6.45) is 2.51. The summed E-state index contributed by atoms with van der Waals surface area (Å²) in [4.78, 5) is 27.1. The number of nitrogens with zero attached hydrogens (tertiary/aromatic N) is 1. The molecule has 20 heavy (non-hydrogen) atoms. The minimum Gasteiger partial charge on any atom is -0.342 e. The summed E-state index contributed by atoms with van der Waals surface area (Å²) in [5.74, 6) is 0.607. The van der Waals surface area contributed by atoms with Crippen LogP contribution in [0.3, 0.4) is 0 Å². The number of hydrogen-bond acceptors (Lipinski definition) is 2. The highest BCUT2D eigenvalue weighted by Crippen LogP contribution is 2.26. The molecule has 1 aliphatic rings. The van der Waals surface area contributed by atoms with Crippen molar-refractivity contribution in [1.82, 2.24) is 10.2 Å². The quantitative estimate of drug-likeness (QED) is 0.814. The molecule has 0 spiro atoms. The highest BCUT2D eigenvalue weighted by atomic mass is 16.2. The van der Waals surface area contributed by atoms with Gasteiger partial charge in [0.25, 0.3) is 0 Å². The molecule has 4 heteroatoms. The topological polar surface area (TPSA) is 49.4 Å². The van der Waals surface area contributed by atoms with Gasteiger partial charge in [-0.3, -0.25) is 9.59 Å². The van der Waals surface area contributed by atoms with Crippen LogP contribution in [0.25, 0.3) is 0 Å². The number of carbonyl (C=O) groups is 2. The molecule has 0 aromatic carbocycles. The molecule has 1 saturated heterocycles. The van der Waals surface area contributed by atoms with E-state index < -0.39 is 0 Å². The maximum absolute atomic E-state index is 12.8. The first-order valence-electron chi connectivity index (χ1n) is 7.97. The Morgan fingerprint density at radius 1 is 1.15 bits per heavy atom. The van der Waals surface area contributed by atoms with E-state index in [1.807, 2.05) is 25.7 Å². The first-order valence-corrected chi connectivity index (χ1v) is 7.97. The predicted molar refractivity (Wildman–Crippen MR) is 81.2 cm³/mol. The zero-order chi connectivity index (χ0) is 15.4. The second-order valence-electron chi connectivity index (χ2n) is 6.50. The molecule has 1 aliphatic heterocycles. The maximum Gasteiger partial charge on any atom is 0.246 e. The molecule has 0 aromatic rings. The van der Waals surface area contributed by atoms with E-state index >= 15 is 0 Å². The van der Waals surface area contributed by atoms with E-state index in [4.69, 9.17) is 0 Å². The Hall–Kier alpha value is -1.06. The molecule has 1 heterocycles. The van der Waals surface area contributed by atoms with Crippen molar-refractivity contribution in [3.63, 3.8) is 0 Å². The molecule has 1 fully saturated rings. The number of hydrogen-bond donors (Lipinski definition) is 1. The lowest BCUT2D eigenvalue weighted by Crippen LogP contribution is -2.67. The second kappa shape index (κ2) is 7.09. The molecule has 1 N–H and O–H groups in total. The zero-order valence-corrected chi connectivity index (χ0v) is 13.8. The standard InChI is InChI=1S/C16H30N2O2/c1-7-9-12-16(20)18(13(8-2)10(3)4)14(11(5)6)15(19)17-12/h10-14H,7-9H2,1-6H3,(H,17,19). The molecule has 0 bridgehead atoms. The predicted octanol–water partition coefficient (Wildman–Crippen LogP) is 2.57. The fourth-order valence-electron chi connectivity index (χ4n) is 3.23. The SMILES string of the molecule is CCCC1NC(=O)C(C(C)C)N(C(CC)C(C)C)C1=O. The van der Waals surface area contributed by atoms with Gasteiger partial charge in [-0.25, -0.2) is 0 Å². The van der Waals surface area contributed by atoms with E-state index in [9.17, 15) is 9.59 Å².